The van der Waals surface area contributed by atoms with Crippen molar-refractivity contribution in [2.45, 2.75) is 149 Å². The second kappa shape index (κ2) is 31.6. The molecule has 30 nitrogen and oxygen atoms in total. The molecule has 0 atom stereocenters. The summed E-state index contributed by atoms with van der Waals surface area (Å²) in [5.74, 6) is -2.50. The van der Waals surface area contributed by atoms with Crippen LogP contribution >= 0.6 is 0 Å². The van der Waals surface area contributed by atoms with Crippen molar-refractivity contribution in [1.82, 2.24) is 79.8 Å². The number of hydroxylamine groups is 2. The van der Waals surface area contributed by atoms with Crippen LogP contribution in [0.2, 0.25) is 19.6 Å². The maximum Gasteiger partial charge on any atom is 2.00 e. The van der Waals surface area contributed by atoms with Gasteiger partial charge in [-0.05, 0) is 121 Å². The number of aliphatic hydroxyl groups is 2. The summed E-state index contributed by atoms with van der Waals surface area (Å²) >= 11 is 0. The Bertz CT molecular complexity index is 4660. The average molecular weight is 1500 g/mol. The normalized spacial score (nSPS) is 20.2. The van der Waals surface area contributed by atoms with Crippen molar-refractivity contribution in [3.63, 3.8) is 0 Å². The molecular formula is C64H95BrF3MgN17O13Si. The van der Waals surface area contributed by atoms with Crippen LogP contribution in [0, 0.1) is 54.8 Å². The number of hydrogen-bond acceptors (Lipinski definition) is 17. The number of imidazole rings is 4. The van der Waals surface area contributed by atoms with Crippen LogP contribution in [-0.4, -0.2) is 164 Å². The molecule has 1 amide bonds. The largest absolute Gasteiger partial charge is 2.00 e. The minimum Gasteiger partial charge on any atom is -1.00 e. The number of hydrogen-bond donors (Lipinski definition) is 2. The molecule has 4 fully saturated rings. The average Bonchev–Trinajstić information content (AvgIpc) is 1.53. The first-order valence-corrected chi connectivity index (χ1v) is 35.7. The molecule has 12 rings (SSSR count). The molecule has 4 aliphatic carbocycles. The van der Waals surface area contributed by atoms with Gasteiger partial charge >= 0.3 is 51.6 Å². The second-order valence-electron chi connectivity index (χ2n) is 29.0. The van der Waals surface area contributed by atoms with E-state index in [0.717, 1.165) is 38.5 Å². The number of ketones is 1. The van der Waals surface area contributed by atoms with Crippen molar-refractivity contribution < 1.29 is 54.8 Å². The predicted octanol–water partition coefficient (Wildman–Crippen LogP) is -0.510. The van der Waals surface area contributed by atoms with Gasteiger partial charge in [0.2, 0.25) is 5.91 Å². The molecule has 4 saturated carbocycles. The number of aryl methyl sites for hydroxylation is 8. The number of nitrogens with zero attached hydrogens (tertiary/aromatic N) is 17. The van der Waals surface area contributed by atoms with Gasteiger partial charge in [0, 0.05) is 101 Å². The van der Waals surface area contributed by atoms with E-state index in [0.29, 0.717) is 83.7 Å². The van der Waals surface area contributed by atoms with Gasteiger partial charge in [0.1, 0.15) is 5.78 Å². The van der Waals surface area contributed by atoms with Crippen LogP contribution in [0.5, 0.6) is 0 Å². The molecule has 36 heteroatoms. The fraction of sp³-hybridized carbons (Fsp3) is 0.641. The number of rotatable bonds is 13. The van der Waals surface area contributed by atoms with Gasteiger partial charge in [-0.25, -0.2) is 44.2 Å². The van der Waals surface area contributed by atoms with Crippen LogP contribution in [0.4, 0.5) is 13.2 Å². The third kappa shape index (κ3) is 17.0. The number of Topliss-reactive ketones (excluding diaryl/α,β-unsaturated/α-hetero) is 1. The fourth-order valence-electron chi connectivity index (χ4n) is 12.8. The summed E-state index contributed by atoms with van der Waals surface area (Å²) < 4.78 is 52.2. The first-order chi connectivity index (χ1) is 44.9. The Labute approximate surface area is 601 Å². The molecule has 0 unspecified atom stereocenters. The Morgan fingerprint density at radius 3 is 0.920 bits per heavy atom. The van der Waals surface area contributed by atoms with Crippen LogP contribution < -0.4 is 62.0 Å². The third-order valence-corrected chi connectivity index (χ3v) is 21.6. The Morgan fingerprint density at radius 2 is 0.720 bits per heavy atom. The summed E-state index contributed by atoms with van der Waals surface area (Å²) in [7, 11) is 13.6. The Balaban J connectivity index is 0.000000230. The van der Waals surface area contributed by atoms with Crippen LogP contribution in [-0.2, 0) is 97.0 Å². The van der Waals surface area contributed by atoms with Gasteiger partial charge in [-0.15, -0.1) is 0 Å². The molecule has 8 aromatic heterocycles. The van der Waals surface area contributed by atoms with Crippen molar-refractivity contribution in [3.05, 3.63) is 116 Å². The summed E-state index contributed by atoms with van der Waals surface area (Å²) in [6, 6.07) is 0. The van der Waals surface area contributed by atoms with Crippen LogP contribution in [0.25, 0.3) is 44.7 Å². The van der Waals surface area contributed by atoms with E-state index in [4.69, 9.17) is 4.84 Å². The SMILES string of the molecule is CC(=O)C1CC(Cn2c(=O)c3c(ncn3C)n(C)c2=O)C1.CON(C)C(=O)C1CC(Cn2c(=O)c3c(ncn3C)n(C)c2=O)C1.C[Si](C)(C)C(F)(F)F.Cn1cnc2c1c(=O)n(CC1CC(C(C)(C)O)C1)c(=O)n2C.Cn1cnc2c1c(=O)n(CC1CC(C(C)(C)O)C1)c(=O)n2C.[Br-].[CH3-].[Mg+2]. The summed E-state index contributed by atoms with van der Waals surface area (Å²) in [6.45, 7) is 14.2. The van der Waals surface area contributed by atoms with E-state index in [-0.39, 0.29) is 151 Å². The first-order valence-electron chi connectivity index (χ1n) is 32.2. The molecule has 0 aromatic carbocycles. The fourth-order valence-corrected chi connectivity index (χ4v) is 12.8. The number of carbonyl (C=O) groups excluding carboxylic acids is 2. The van der Waals surface area contributed by atoms with Gasteiger partial charge in [0.15, 0.2) is 52.7 Å². The molecule has 0 bridgehead atoms. The number of amides is 1. The summed E-state index contributed by atoms with van der Waals surface area (Å²) in [5, 5.41) is 21.2. The molecule has 100 heavy (non-hydrogen) atoms. The first kappa shape index (κ1) is 83.5. The molecule has 8 heterocycles. The predicted molar refractivity (Wildman–Crippen MR) is 370 cm³/mol. The second-order valence-corrected chi connectivity index (χ2v) is 34.0. The van der Waals surface area contributed by atoms with E-state index in [1.54, 1.807) is 129 Å². The maximum atomic E-state index is 12.6. The Morgan fingerprint density at radius 1 is 0.500 bits per heavy atom. The summed E-state index contributed by atoms with van der Waals surface area (Å²) in [4.78, 5) is 144. The van der Waals surface area contributed by atoms with Crippen molar-refractivity contribution in [3.8, 4) is 0 Å². The van der Waals surface area contributed by atoms with Crippen molar-refractivity contribution in [1.29, 1.82) is 0 Å². The third-order valence-electron chi connectivity index (χ3n) is 19.9. The number of alkyl halides is 3. The van der Waals surface area contributed by atoms with Gasteiger partial charge in [-0.3, -0.25) is 70.1 Å². The topological polar surface area (TPSA) is 334 Å². The molecule has 0 saturated heterocycles. The molecular weight excluding hydrogens is 1400 g/mol. The molecule has 548 valence electrons. The standard InChI is InChI=1S/C15H21N5O4.2C15H22N4O3.C14H18N4O3.C4H9F3Si.CH3.BrH.Mg/c1-17-8-16-12-11(17)14(22)20(15(23)18(12)2)7-9-5-10(6-9)13(21)19(3)24-4;2*1-15(2,22)10-5-9(6-10)7-19-13(20)11-12(16-8-17(11)3)18(4)14(19)21;1-8(19)10-4-9(5-10)6-18-13(20)11-12(15-7-16(11)2)17(3)14(18)21;1-8(2,3)4(5,6)7;;;/h8-10H,5-7H2,1-4H3;2*8-10,22H,5-7H2,1-4H3;7,9-10H,4-6H2,1-3H3;1-3H3;1H3;1H;/q;;;;;-1;;+2/p-1. The van der Waals surface area contributed by atoms with E-state index >= 15 is 0 Å². The number of aromatic nitrogens is 16. The quantitative estimate of drug-likeness (QED) is 0.0834. The Kier molecular flexibility index (Phi) is 26.4. The van der Waals surface area contributed by atoms with Crippen LogP contribution in [0.3, 0.4) is 0 Å². The van der Waals surface area contributed by atoms with Crippen LogP contribution in [0.15, 0.2) is 63.7 Å². The zero-order valence-corrected chi connectivity index (χ0v) is 64.6. The van der Waals surface area contributed by atoms with Gasteiger partial charge < -0.3 is 52.9 Å². The molecule has 8 aromatic rings. The zero-order valence-electron chi connectivity index (χ0n) is 60.6. The summed E-state index contributed by atoms with van der Waals surface area (Å²) in [6.07, 6.45) is 12.3. The molecule has 2 N–H and O–H groups in total. The van der Waals surface area contributed by atoms with E-state index in [2.05, 4.69) is 19.9 Å². The zero-order chi connectivity index (χ0) is 72.4. The maximum absolute atomic E-state index is 12.6. The van der Waals surface area contributed by atoms with Gasteiger partial charge in [-0.1, -0.05) is 19.6 Å². The van der Waals surface area contributed by atoms with Crippen molar-refractivity contribution in [2.24, 2.45) is 104 Å². The minimum absolute atomic E-state index is 0. The van der Waals surface area contributed by atoms with E-state index in [1.807, 2.05) is 0 Å². The van der Waals surface area contributed by atoms with E-state index in [9.17, 15) is 71.3 Å². The number of carbonyl (C=O) groups is 2. The molecule has 4 aliphatic rings. The smallest absolute Gasteiger partial charge is 1.00 e. The van der Waals surface area contributed by atoms with Gasteiger partial charge in [0.25, 0.3) is 22.2 Å². The number of halogens is 4. The van der Waals surface area contributed by atoms with Crippen LogP contribution in [0.1, 0.15) is 86.0 Å². The number of fused-ring (bicyclic) bond motifs is 4. The Hall–Kier alpha value is -7.13. The van der Waals surface area contributed by atoms with Crippen molar-refractivity contribution >= 4 is 87.5 Å². The van der Waals surface area contributed by atoms with Crippen molar-refractivity contribution in [2.75, 3.05) is 14.2 Å². The molecule has 0 radical (unpaired) electrons. The molecule has 0 spiro atoms. The summed E-state index contributed by atoms with van der Waals surface area (Å²) in [5.41, 5.74) is -0.663. The molecule has 0 aliphatic heterocycles. The monoisotopic (exact) mass is 1500 g/mol. The minimum atomic E-state index is -3.92. The van der Waals surface area contributed by atoms with E-state index in [1.165, 1.54) is 81.0 Å². The van der Waals surface area contributed by atoms with E-state index < -0.39 is 25.1 Å². The van der Waals surface area contributed by atoms with Gasteiger partial charge in [-0.2, -0.15) is 13.2 Å². The van der Waals surface area contributed by atoms with Gasteiger partial charge in [0.05, 0.1) is 43.6 Å².